The molecular formula is C16H21N3O4S. The monoisotopic (exact) mass is 351 g/mol. The Morgan fingerprint density at radius 1 is 1.38 bits per heavy atom. The minimum atomic E-state index is -3.71. The fraction of sp³-hybridized carbons (Fsp3) is 0.375. The van der Waals surface area contributed by atoms with Crippen molar-refractivity contribution in [2.24, 2.45) is 0 Å². The van der Waals surface area contributed by atoms with Gasteiger partial charge in [0.05, 0.1) is 6.20 Å². The first-order chi connectivity index (χ1) is 11.2. The van der Waals surface area contributed by atoms with Gasteiger partial charge in [0.1, 0.15) is 0 Å². The van der Waals surface area contributed by atoms with Crippen LogP contribution in [0, 0.1) is 6.92 Å². The number of carbonyl (C=O) groups is 1. The summed E-state index contributed by atoms with van der Waals surface area (Å²) in [6, 6.07) is 7.95. The molecule has 0 aliphatic rings. The molecule has 1 amide bonds. The molecule has 1 heterocycles. The lowest BCUT2D eigenvalue weighted by Crippen LogP contribution is -2.49. The number of nitrogens with zero attached hydrogens (tertiary/aromatic N) is 2. The summed E-state index contributed by atoms with van der Waals surface area (Å²) in [7, 11) is -3.71. The Labute approximate surface area is 141 Å². The molecule has 8 heteroatoms. The minimum absolute atomic E-state index is 0.00678. The number of aryl methyl sites for hydroxylation is 2. The number of hydroxylamine groups is 1. The average Bonchev–Trinajstić information content (AvgIpc) is 2.99. The third-order valence-electron chi connectivity index (χ3n) is 4.20. The Morgan fingerprint density at radius 2 is 2.08 bits per heavy atom. The summed E-state index contributed by atoms with van der Waals surface area (Å²) in [5, 5.41) is 13.0. The summed E-state index contributed by atoms with van der Waals surface area (Å²) in [6.45, 7) is 3.51. The zero-order valence-corrected chi connectivity index (χ0v) is 14.7. The van der Waals surface area contributed by atoms with Crippen molar-refractivity contribution in [3.8, 4) is 11.1 Å². The van der Waals surface area contributed by atoms with E-state index >= 15 is 0 Å². The maximum atomic E-state index is 11.9. The highest BCUT2D eigenvalue weighted by atomic mass is 32.2. The first-order valence-corrected chi connectivity index (χ1v) is 9.30. The number of benzene rings is 1. The summed E-state index contributed by atoms with van der Waals surface area (Å²) in [5.41, 5.74) is 4.49. The highest BCUT2D eigenvalue weighted by Crippen LogP contribution is 2.23. The van der Waals surface area contributed by atoms with Crippen LogP contribution in [0.4, 0.5) is 0 Å². The van der Waals surface area contributed by atoms with Crippen LogP contribution in [0.1, 0.15) is 18.9 Å². The third-order valence-corrected chi connectivity index (χ3v) is 6.23. The van der Waals surface area contributed by atoms with Crippen molar-refractivity contribution in [3.63, 3.8) is 0 Å². The van der Waals surface area contributed by atoms with Crippen LogP contribution >= 0.6 is 0 Å². The Hall–Kier alpha value is -2.19. The Morgan fingerprint density at radius 3 is 2.67 bits per heavy atom. The van der Waals surface area contributed by atoms with E-state index < -0.39 is 20.5 Å². The maximum Gasteiger partial charge on any atom is 0.264 e. The van der Waals surface area contributed by atoms with Crippen LogP contribution in [0.25, 0.3) is 11.1 Å². The minimum Gasteiger partial charge on any atom is -0.289 e. The van der Waals surface area contributed by atoms with Gasteiger partial charge in [-0.1, -0.05) is 29.8 Å². The molecule has 0 saturated heterocycles. The van der Waals surface area contributed by atoms with Gasteiger partial charge >= 0.3 is 0 Å². The van der Waals surface area contributed by atoms with E-state index in [1.807, 2.05) is 31.2 Å². The van der Waals surface area contributed by atoms with Crippen LogP contribution in [0.5, 0.6) is 0 Å². The summed E-state index contributed by atoms with van der Waals surface area (Å²) < 4.78 is 23.7. The van der Waals surface area contributed by atoms with Crippen LogP contribution < -0.4 is 5.48 Å². The van der Waals surface area contributed by atoms with Crippen molar-refractivity contribution >= 4 is 15.7 Å². The van der Waals surface area contributed by atoms with E-state index in [1.54, 1.807) is 17.1 Å². The number of rotatable bonds is 6. The first kappa shape index (κ1) is 18.2. The number of aromatic nitrogens is 2. The molecule has 0 spiro atoms. The Bertz CT molecular complexity index is 845. The zero-order valence-electron chi connectivity index (χ0n) is 13.9. The van der Waals surface area contributed by atoms with Crippen molar-refractivity contribution in [2.45, 2.75) is 31.6 Å². The second-order valence-electron chi connectivity index (χ2n) is 6.06. The molecule has 0 aliphatic carbocycles. The Balaban J connectivity index is 2.19. The van der Waals surface area contributed by atoms with Crippen molar-refractivity contribution in [1.29, 1.82) is 0 Å². The molecule has 130 valence electrons. The maximum absolute atomic E-state index is 11.9. The predicted octanol–water partition coefficient (Wildman–Crippen LogP) is 1.56. The highest BCUT2D eigenvalue weighted by molar-refractivity contribution is 7.92. The summed E-state index contributed by atoms with van der Waals surface area (Å²) in [4.78, 5) is 11.8. The molecule has 0 aliphatic heterocycles. The molecule has 1 unspecified atom stereocenters. The number of amides is 1. The van der Waals surface area contributed by atoms with Crippen LogP contribution in [-0.2, 0) is 21.2 Å². The van der Waals surface area contributed by atoms with Crippen molar-refractivity contribution in [3.05, 3.63) is 42.2 Å². The quantitative estimate of drug-likeness (QED) is 0.607. The first-order valence-electron chi connectivity index (χ1n) is 7.41. The van der Waals surface area contributed by atoms with Crippen LogP contribution in [0.15, 0.2) is 36.7 Å². The molecule has 0 bridgehead atoms. The standard InChI is InChI=1S/C16H21N3O4S/c1-12-5-4-6-13(9-12)14-10-17-19(11-14)8-7-16(2,15(20)18-21)24(3,22)23/h4-6,9-11,21H,7-8H2,1-3H3,(H,18,20). The number of carbonyl (C=O) groups excluding carboxylic acids is 1. The summed E-state index contributed by atoms with van der Waals surface area (Å²) in [5.74, 6) is -0.948. The fourth-order valence-electron chi connectivity index (χ4n) is 2.37. The average molecular weight is 351 g/mol. The molecule has 2 rings (SSSR count). The van der Waals surface area contributed by atoms with Gasteiger partial charge in [0.2, 0.25) is 0 Å². The van der Waals surface area contributed by atoms with Crippen LogP contribution in [0.3, 0.4) is 0 Å². The van der Waals surface area contributed by atoms with Gasteiger partial charge in [0.25, 0.3) is 5.91 Å². The van der Waals surface area contributed by atoms with E-state index in [0.717, 1.165) is 22.9 Å². The molecule has 1 aromatic heterocycles. The molecular weight excluding hydrogens is 330 g/mol. The van der Waals surface area contributed by atoms with Crippen molar-refractivity contribution < 1.29 is 18.4 Å². The van der Waals surface area contributed by atoms with Gasteiger partial charge in [-0.15, -0.1) is 0 Å². The molecule has 1 atom stereocenters. The van der Waals surface area contributed by atoms with E-state index in [9.17, 15) is 13.2 Å². The number of hydrogen-bond acceptors (Lipinski definition) is 5. The lowest BCUT2D eigenvalue weighted by Gasteiger charge is -2.24. The molecule has 2 aromatic rings. The van der Waals surface area contributed by atoms with Gasteiger partial charge in [-0.25, -0.2) is 13.9 Å². The SMILES string of the molecule is Cc1cccc(-c2cnn(CCC(C)(C(=O)NO)S(C)(=O)=O)c2)c1. The van der Waals surface area contributed by atoms with E-state index in [0.29, 0.717) is 0 Å². The second kappa shape index (κ2) is 6.74. The van der Waals surface area contributed by atoms with Crippen LogP contribution in [-0.4, -0.2) is 40.3 Å². The van der Waals surface area contributed by atoms with E-state index in [4.69, 9.17) is 5.21 Å². The summed E-state index contributed by atoms with van der Waals surface area (Å²) in [6.07, 6.45) is 4.46. The summed E-state index contributed by atoms with van der Waals surface area (Å²) >= 11 is 0. The topological polar surface area (TPSA) is 101 Å². The van der Waals surface area contributed by atoms with Gasteiger partial charge < -0.3 is 0 Å². The molecule has 24 heavy (non-hydrogen) atoms. The van der Waals surface area contributed by atoms with Gasteiger partial charge in [-0.3, -0.25) is 14.7 Å². The van der Waals surface area contributed by atoms with E-state index in [1.165, 1.54) is 12.4 Å². The highest BCUT2D eigenvalue weighted by Gasteiger charge is 2.43. The van der Waals surface area contributed by atoms with Gasteiger partial charge in [0.15, 0.2) is 14.6 Å². The van der Waals surface area contributed by atoms with E-state index in [-0.39, 0.29) is 13.0 Å². The van der Waals surface area contributed by atoms with Gasteiger partial charge in [0, 0.05) is 24.6 Å². The Kier molecular flexibility index (Phi) is 5.10. The number of sulfone groups is 1. The molecule has 0 fully saturated rings. The molecule has 7 nitrogen and oxygen atoms in total. The zero-order chi connectivity index (χ0) is 18.0. The van der Waals surface area contributed by atoms with Crippen LogP contribution in [0.2, 0.25) is 0 Å². The normalized spacial score (nSPS) is 14.2. The molecule has 2 N–H and O–H groups in total. The largest absolute Gasteiger partial charge is 0.289 e. The van der Waals surface area contributed by atoms with Gasteiger partial charge in [-0.2, -0.15) is 5.10 Å². The molecule has 0 radical (unpaired) electrons. The lowest BCUT2D eigenvalue weighted by atomic mass is 10.1. The molecule has 0 saturated carbocycles. The van der Waals surface area contributed by atoms with Gasteiger partial charge in [-0.05, 0) is 25.8 Å². The second-order valence-corrected chi connectivity index (χ2v) is 8.50. The lowest BCUT2D eigenvalue weighted by molar-refractivity contribution is -0.131. The number of hydrogen-bond donors (Lipinski definition) is 2. The van der Waals surface area contributed by atoms with Crippen molar-refractivity contribution in [2.75, 3.05) is 6.26 Å². The van der Waals surface area contributed by atoms with Crippen molar-refractivity contribution in [1.82, 2.24) is 15.3 Å². The van der Waals surface area contributed by atoms with E-state index in [2.05, 4.69) is 5.10 Å². The predicted molar refractivity (Wildman–Crippen MR) is 90.2 cm³/mol. The smallest absolute Gasteiger partial charge is 0.264 e. The third kappa shape index (κ3) is 3.65. The molecule has 1 aromatic carbocycles. The number of nitrogens with one attached hydrogen (secondary N) is 1. The fourth-order valence-corrected chi connectivity index (χ4v) is 3.22.